The molecule has 0 amide bonds. The number of pyridine rings is 1. The molecule has 0 saturated heterocycles. The molecule has 194 valence electrons. The van der Waals surface area contributed by atoms with Crippen LogP contribution in [0.4, 0.5) is 17.1 Å². The minimum atomic E-state index is 0.945. The molecule has 0 bridgehead atoms. The molecule has 0 spiro atoms. The summed E-state index contributed by atoms with van der Waals surface area (Å²) in [7, 11) is 0. The maximum atomic E-state index is 4.81. The third kappa shape index (κ3) is 3.97. The van der Waals surface area contributed by atoms with Crippen molar-refractivity contribution in [3.8, 4) is 16.9 Å². The van der Waals surface area contributed by atoms with Crippen LogP contribution in [-0.2, 0) is 0 Å². The van der Waals surface area contributed by atoms with Crippen LogP contribution in [0.2, 0.25) is 0 Å². The SMILES string of the molecule is c1ccc(N(c2ccc(-c3cn4ccccc4n3)cc2)c2ccc3c(c2)c2ccccc2n3-c2ccccc2)cc1. The van der Waals surface area contributed by atoms with Crippen LogP contribution in [0.15, 0.2) is 158 Å². The summed E-state index contributed by atoms with van der Waals surface area (Å²) in [4.78, 5) is 7.13. The lowest BCUT2D eigenvalue weighted by atomic mass is 10.1. The molecule has 3 aromatic heterocycles. The maximum absolute atomic E-state index is 4.81. The Hall–Kier alpha value is -5.61. The largest absolute Gasteiger partial charge is 0.310 e. The van der Waals surface area contributed by atoms with E-state index in [1.165, 1.54) is 21.8 Å². The number of aromatic nitrogens is 3. The summed E-state index contributed by atoms with van der Waals surface area (Å²) in [6, 6.07) is 51.4. The van der Waals surface area contributed by atoms with Gasteiger partial charge in [0.25, 0.3) is 0 Å². The smallest absolute Gasteiger partial charge is 0.137 e. The first-order chi connectivity index (χ1) is 20.3. The van der Waals surface area contributed by atoms with Gasteiger partial charge in [0.2, 0.25) is 0 Å². The Labute approximate surface area is 238 Å². The summed E-state index contributed by atoms with van der Waals surface area (Å²) in [6.45, 7) is 0. The van der Waals surface area contributed by atoms with Gasteiger partial charge in [-0.2, -0.15) is 0 Å². The van der Waals surface area contributed by atoms with Crippen molar-refractivity contribution in [3.63, 3.8) is 0 Å². The van der Waals surface area contributed by atoms with E-state index in [1.54, 1.807) is 0 Å². The number of rotatable bonds is 5. The Bertz CT molecular complexity index is 2110. The molecule has 3 heterocycles. The Balaban J connectivity index is 1.27. The van der Waals surface area contributed by atoms with Crippen molar-refractivity contribution in [2.45, 2.75) is 0 Å². The number of hydrogen-bond donors (Lipinski definition) is 0. The van der Waals surface area contributed by atoms with E-state index in [9.17, 15) is 0 Å². The number of nitrogens with zero attached hydrogens (tertiary/aromatic N) is 4. The second-order valence-corrected chi connectivity index (χ2v) is 10.2. The molecule has 0 unspecified atom stereocenters. The van der Waals surface area contributed by atoms with Crippen LogP contribution in [0, 0.1) is 0 Å². The Morgan fingerprint density at radius 1 is 0.512 bits per heavy atom. The van der Waals surface area contributed by atoms with Gasteiger partial charge in [0.15, 0.2) is 0 Å². The molecule has 4 heteroatoms. The van der Waals surface area contributed by atoms with E-state index in [0.717, 1.165) is 39.7 Å². The van der Waals surface area contributed by atoms with Crippen molar-refractivity contribution < 1.29 is 0 Å². The van der Waals surface area contributed by atoms with Crippen LogP contribution in [0.25, 0.3) is 44.4 Å². The number of para-hydroxylation sites is 3. The summed E-state index contributed by atoms with van der Waals surface area (Å²) in [5.41, 5.74) is 9.87. The second-order valence-electron chi connectivity index (χ2n) is 10.2. The lowest BCUT2D eigenvalue weighted by molar-refractivity contribution is 1.18. The van der Waals surface area contributed by atoms with Crippen LogP contribution < -0.4 is 4.90 Å². The van der Waals surface area contributed by atoms with E-state index in [2.05, 4.69) is 147 Å². The monoisotopic (exact) mass is 526 g/mol. The normalized spacial score (nSPS) is 11.4. The van der Waals surface area contributed by atoms with Crippen molar-refractivity contribution in [1.82, 2.24) is 14.0 Å². The number of hydrogen-bond acceptors (Lipinski definition) is 2. The molecule has 0 aliphatic carbocycles. The molecule has 41 heavy (non-hydrogen) atoms. The Kier molecular flexibility index (Phi) is 5.42. The first kappa shape index (κ1) is 23.3. The van der Waals surface area contributed by atoms with Crippen molar-refractivity contribution in [2.75, 3.05) is 4.90 Å². The van der Waals surface area contributed by atoms with Crippen molar-refractivity contribution in [1.29, 1.82) is 0 Å². The van der Waals surface area contributed by atoms with Gasteiger partial charge in [-0.3, -0.25) is 0 Å². The fraction of sp³-hybridized carbons (Fsp3) is 0. The van der Waals surface area contributed by atoms with Crippen LogP contribution in [0.5, 0.6) is 0 Å². The summed E-state index contributed by atoms with van der Waals surface area (Å²) in [6.07, 6.45) is 4.11. The van der Waals surface area contributed by atoms with Crippen molar-refractivity contribution >= 4 is 44.5 Å². The zero-order valence-electron chi connectivity index (χ0n) is 22.3. The highest BCUT2D eigenvalue weighted by Gasteiger charge is 2.17. The topological polar surface area (TPSA) is 25.5 Å². The van der Waals surface area contributed by atoms with Crippen molar-refractivity contribution in [2.24, 2.45) is 0 Å². The van der Waals surface area contributed by atoms with Gasteiger partial charge in [-0.25, -0.2) is 4.98 Å². The minimum absolute atomic E-state index is 0.945. The third-order valence-corrected chi connectivity index (χ3v) is 7.73. The maximum Gasteiger partial charge on any atom is 0.137 e. The minimum Gasteiger partial charge on any atom is -0.310 e. The highest BCUT2D eigenvalue weighted by Crippen LogP contribution is 2.40. The lowest BCUT2D eigenvalue weighted by Crippen LogP contribution is -2.09. The molecule has 0 atom stereocenters. The molecule has 8 aromatic rings. The number of anilines is 3. The predicted octanol–water partition coefficient (Wildman–Crippen LogP) is 9.57. The van der Waals surface area contributed by atoms with E-state index in [1.807, 2.05) is 24.4 Å². The molecule has 0 saturated carbocycles. The zero-order valence-corrected chi connectivity index (χ0v) is 22.3. The molecular formula is C37H26N4. The average Bonchev–Trinajstić information content (AvgIpc) is 3.62. The fourth-order valence-electron chi connectivity index (χ4n) is 5.83. The summed E-state index contributed by atoms with van der Waals surface area (Å²) in [5.74, 6) is 0. The molecule has 0 aliphatic rings. The van der Waals surface area contributed by atoms with E-state index < -0.39 is 0 Å². The first-order valence-corrected chi connectivity index (χ1v) is 13.8. The molecule has 0 radical (unpaired) electrons. The second kappa shape index (κ2) is 9.54. The zero-order chi connectivity index (χ0) is 27.2. The Morgan fingerprint density at radius 2 is 1.17 bits per heavy atom. The van der Waals surface area contributed by atoms with Crippen LogP contribution in [-0.4, -0.2) is 14.0 Å². The highest BCUT2D eigenvalue weighted by atomic mass is 15.1. The van der Waals surface area contributed by atoms with Gasteiger partial charge in [-0.1, -0.05) is 72.8 Å². The lowest BCUT2D eigenvalue weighted by Gasteiger charge is -2.26. The van der Waals surface area contributed by atoms with Gasteiger partial charge >= 0.3 is 0 Å². The standard InChI is InChI=1S/C37H26N4/c1-3-11-28(12-4-1)40(30-20-18-27(19-21-30)34-26-39-24-10-9-17-37(39)38-34)31-22-23-36-33(25-31)32-15-7-8-16-35(32)41(36)29-13-5-2-6-14-29/h1-26H. The summed E-state index contributed by atoms with van der Waals surface area (Å²) in [5, 5.41) is 2.47. The van der Waals surface area contributed by atoms with Gasteiger partial charge in [-0.05, 0) is 72.8 Å². The van der Waals surface area contributed by atoms with E-state index in [-0.39, 0.29) is 0 Å². The molecule has 8 rings (SSSR count). The van der Waals surface area contributed by atoms with Crippen LogP contribution in [0.3, 0.4) is 0 Å². The predicted molar refractivity (Wildman–Crippen MR) is 170 cm³/mol. The number of imidazole rings is 1. The fourth-order valence-corrected chi connectivity index (χ4v) is 5.83. The molecule has 4 nitrogen and oxygen atoms in total. The van der Waals surface area contributed by atoms with Gasteiger partial charge in [0, 0.05) is 51.5 Å². The molecule has 0 N–H and O–H groups in total. The van der Waals surface area contributed by atoms with E-state index >= 15 is 0 Å². The van der Waals surface area contributed by atoms with E-state index in [0.29, 0.717) is 0 Å². The molecule has 0 aliphatic heterocycles. The Morgan fingerprint density at radius 3 is 1.98 bits per heavy atom. The van der Waals surface area contributed by atoms with Gasteiger partial charge in [-0.15, -0.1) is 0 Å². The molecular weight excluding hydrogens is 500 g/mol. The van der Waals surface area contributed by atoms with Gasteiger partial charge in [0.05, 0.1) is 16.7 Å². The van der Waals surface area contributed by atoms with Crippen LogP contribution >= 0.6 is 0 Å². The third-order valence-electron chi connectivity index (χ3n) is 7.73. The van der Waals surface area contributed by atoms with Gasteiger partial charge < -0.3 is 13.9 Å². The number of benzene rings is 5. The average molecular weight is 527 g/mol. The highest BCUT2D eigenvalue weighted by molar-refractivity contribution is 6.10. The number of fused-ring (bicyclic) bond motifs is 4. The molecule has 0 fully saturated rings. The van der Waals surface area contributed by atoms with E-state index in [4.69, 9.17) is 4.98 Å². The van der Waals surface area contributed by atoms with Gasteiger partial charge in [0.1, 0.15) is 5.65 Å². The first-order valence-electron chi connectivity index (χ1n) is 13.8. The molecule has 5 aromatic carbocycles. The summed E-state index contributed by atoms with van der Waals surface area (Å²) >= 11 is 0. The van der Waals surface area contributed by atoms with Crippen molar-refractivity contribution in [3.05, 3.63) is 158 Å². The summed E-state index contributed by atoms with van der Waals surface area (Å²) < 4.78 is 4.41. The quantitative estimate of drug-likeness (QED) is 0.223. The van der Waals surface area contributed by atoms with Crippen LogP contribution in [0.1, 0.15) is 0 Å².